The van der Waals surface area contributed by atoms with Crippen LogP contribution in [0.2, 0.25) is 0 Å². The summed E-state index contributed by atoms with van der Waals surface area (Å²) in [5, 5.41) is 0. The van der Waals surface area contributed by atoms with Crippen LogP contribution in [0.3, 0.4) is 0 Å². The van der Waals surface area contributed by atoms with Gasteiger partial charge in [0.2, 0.25) is 5.91 Å². The van der Waals surface area contributed by atoms with Gasteiger partial charge in [-0.3, -0.25) is 15.0 Å². The molecular formula is C12H17N3O3. The third-order valence-electron chi connectivity index (χ3n) is 3.32. The number of hydrogen-bond donors (Lipinski definition) is 2. The van der Waals surface area contributed by atoms with Crippen LogP contribution in [0.1, 0.15) is 35.9 Å². The van der Waals surface area contributed by atoms with Crippen molar-refractivity contribution < 1.29 is 14.0 Å². The molecule has 0 saturated carbocycles. The molecule has 3 N–H and O–H groups in total. The fourth-order valence-corrected chi connectivity index (χ4v) is 2.21. The summed E-state index contributed by atoms with van der Waals surface area (Å²) in [6, 6.07) is 1.69. The summed E-state index contributed by atoms with van der Waals surface area (Å²) in [5.41, 5.74) is 2.71. The number of hydrogen-bond acceptors (Lipinski definition) is 4. The maximum Gasteiger partial charge on any atom is 0.301 e. The largest absolute Gasteiger partial charge is 0.459 e. The zero-order valence-electron chi connectivity index (χ0n) is 10.3. The summed E-state index contributed by atoms with van der Waals surface area (Å²) in [6.07, 6.45) is 3.01. The van der Waals surface area contributed by atoms with E-state index in [2.05, 4.69) is 6.92 Å². The molecule has 0 aromatic carbocycles. The Kier molecular flexibility index (Phi) is 3.66. The van der Waals surface area contributed by atoms with Crippen molar-refractivity contribution in [2.75, 3.05) is 6.54 Å². The normalized spacial score (nSPS) is 19.3. The Morgan fingerprint density at radius 1 is 1.67 bits per heavy atom. The zero-order valence-corrected chi connectivity index (χ0v) is 10.3. The maximum atomic E-state index is 11.8. The standard InChI is InChI=1S/C12H17N3O3/c1-2-8-5-10(16)15(6-8)7-9-3-4-18-11(9)12(17)14-13/h3-4,8H,2,5-7,13H2,1H3,(H,14,17). The summed E-state index contributed by atoms with van der Waals surface area (Å²) in [6.45, 7) is 3.21. The van der Waals surface area contributed by atoms with Crippen LogP contribution in [-0.4, -0.2) is 23.3 Å². The minimum Gasteiger partial charge on any atom is -0.459 e. The van der Waals surface area contributed by atoms with E-state index in [-0.39, 0.29) is 11.7 Å². The van der Waals surface area contributed by atoms with Gasteiger partial charge in [-0.2, -0.15) is 0 Å². The van der Waals surface area contributed by atoms with E-state index in [9.17, 15) is 9.59 Å². The molecule has 1 aliphatic heterocycles. The summed E-state index contributed by atoms with van der Waals surface area (Å²) < 4.78 is 5.09. The van der Waals surface area contributed by atoms with Crippen LogP contribution in [-0.2, 0) is 11.3 Å². The molecule has 1 atom stereocenters. The van der Waals surface area contributed by atoms with Crippen molar-refractivity contribution in [2.24, 2.45) is 11.8 Å². The Balaban J connectivity index is 2.08. The Hall–Kier alpha value is -1.82. The van der Waals surface area contributed by atoms with Crippen LogP contribution in [0.15, 0.2) is 16.7 Å². The second-order valence-electron chi connectivity index (χ2n) is 4.50. The minimum atomic E-state index is -0.478. The van der Waals surface area contributed by atoms with E-state index in [4.69, 9.17) is 10.3 Å². The first-order valence-corrected chi connectivity index (χ1v) is 6.00. The van der Waals surface area contributed by atoms with E-state index in [0.717, 1.165) is 13.0 Å². The first-order chi connectivity index (χ1) is 8.65. The highest BCUT2D eigenvalue weighted by molar-refractivity contribution is 5.92. The molecule has 1 aliphatic rings. The van der Waals surface area contributed by atoms with Gasteiger partial charge >= 0.3 is 5.91 Å². The summed E-state index contributed by atoms with van der Waals surface area (Å²) >= 11 is 0. The van der Waals surface area contributed by atoms with E-state index in [1.807, 2.05) is 5.43 Å². The Bertz CT molecular complexity index is 455. The number of hydrazine groups is 1. The molecule has 0 bridgehead atoms. The van der Waals surface area contributed by atoms with Crippen molar-refractivity contribution >= 4 is 11.8 Å². The van der Waals surface area contributed by atoms with Crippen LogP contribution in [0.4, 0.5) is 0 Å². The number of carbonyl (C=O) groups is 2. The molecule has 2 heterocycles. The molecule has 1 unspecified atom stereocenters. The molecule has 0 radical (unpaired) electrons. The SMILES string of the molecule is CCC1CC(=O)N(Cc2ccoc2C(=O)NN)C1. The van der Waals surface area contributed by atoms with Gasteiger partial charge in [-0.05, 0) is 12.0 Å². The third kappa shape index (κ3) is 2.38. The second kappa shape index (κ2) is 5.22. The number of likely N-dealkylation sites (tertiary alicyclic amines) is 1. The molecule has 6 heteroatoms. The second-order valence-corrected chi connectivity index (χ2v) is 4.50. The monoisotopic (exact) mass is 251 g/mol. The average Bonchev–Trinajstić information content (AvgIpc) is 2.96. The first-order valence-electron chi connectivity index (χ1n) is 6.00. The maximum absolute atomic E-state index is 11.8. The van der Waals surface area contributed by atoms with Gasteiger partial charge < -0.3 is 9.32 Å². The number of furan rings is 1. The van der Waals surface area contributed by atoms with Crippen molar-refractivity contribution in [3.8, 4) is 0 Å². The number of carbonyl (C=O) groups excluding carboxylic acids is 2. The number of rotatable bonds is 4. The van der Waals surface area contributed by atoms with Gasteiger partial charge in [-0.15, -0.1) is 0 Å². The van der Waals surface area contributed by atoms with E-state index >= 15 is 0 Å². The fraction of sp³-hybridized carbons (Fsp3) is 0.500. The number of nitrogens with one attached hydrogen (secondary N) is 1. The molecule has 0 spiro atoms. The van der Waals surface area contributed by atoms with Crippen LogP contribution in [0, 0.1) is 5.92 Å². The Labute approximate surface area is 105 Å². The molecule has 2 rings (SSSR count). The zero-order chi connectivity index (χ0) is 13.1. The highest BCUT2D eigenvalue weighted by Gasteiger charge is 2.29. The number of nitrogens with two attached hydrogens (primary N) is 1. The number of nitrogen functional groups attached to an aromatic ring is 1. The van der Waals surface area contributed by atoms with Crippen molar-refractivity contribution in [1.82, 2.24) is 10.3 Å². The lowest BCUT2D eigenvalue weighted by atomic mass is 10.1. The van der Waals surface area contributed by atoms with Gasteiger partial charge in [0, 0.05) is 25.1 Å². The van der Waals surface area contributed by atoms with Gasteiger partial charge in [0.25, 0.3) is 0 Å². The minimum absolute atomic E-state index is 0.127. The Morgan fingerprint density at radius 2 is 2.44 bits per heavy atom. The molecule has 18 heavy (non-hydrogen) atoms. The van der Waals surface area contributed by atoms with Crippen molar-refractivity contribution in [1.29, 1.82) is 0 Å². The molecule has 98 valence electrons. The summed E-state index contributed by atoms with van der Waals surface area (Å²) in [4.78, 5) is 25.0. The molecule has 1 aromatic heterocycles. The Morgan fingerprint density at radius 3 is 3.06 bits per heavy atom. The molecular weight excluding hydrogens is 234 g/mol. The van der Waals surface area contributed by atoms with Crippen molar-refractivity contribution in [2.45, 2.75) is 26.3 Å². The van der Waals surface area contributed by atoms with E-state index < -0.39 is 5.91 Å². The predicted molar refractivity (Wildman–Crippen MR) is 64.2 cm³/mol. The number of amides is 2. The highest BCUT2D eigenvalue weighted by atomic mass is 16.3. The van der Waals surface area contributed by atoms with Crippen molar-refractivity contribution in [3.05, 3.63) is 23.7 Å². The van der Waals surface area contributed by atoms with E-state index in [1.54, 1.807) is 11.0 Å². The molecule has 1 saturated heterocycles. The molecule has 0 aliphatic carbocycles. The van der Waals surface area contributed by atoms with Gasteiger partial charge in [-0.25, -0.2) is 5.84 Å². The van der Waals surface area contributed by atoms with Crippen molar-refractivity contribution in [3.63, 3.8) is 0 Å². The molecule has 1 aromatic rings. The quantitative estimate of drug-likeness (QED) is 0.467. The summed E-state index contributed by atoms with van der Waals surface area (Å²) in [7, 11) is 0. The van der Waals surface area contributed by atoms with Crippen LogP contribution >= 0.6 is 0 Å². The van der Waals surface area contributed by atoms with E-state index in [1.165, 1.54) is 6.26 Å². The molecule has 2 amide bonds. The third-order valence-corrected chi connectivity index (χ3v) is 3.32. The molecule has 1 fully saturated rings. The van der Waals surface area contributed by atoms with Gasteiger partial charge in [0.05, 0.1) is 6.26 Å². The topological polar surface area (TPSA) is 88.6 Å². The van der Waals surface area contributed by atoms with Gasteiger partial charge in [-0.1, -0.05) is 13.3 Å². The summed E-state index contributed by atoms with van der Waals surface area (Å²) in [5.74, 6) is 5.30. The lowest BCUT2D eigenvalue weighted by molar-refractivity contribution is -0.128. The first kappa shape index (κ1) is 12.6. The lowest BCUT2D eigenvalue weighted by Crippen LogP contribution is -2.31. The highest BCUT2D eigenvalue weighted by Crippen LogP contribution is 2.23. The predicted octanol–water partition coefficient (Wildman–Crippen LogP) is 0.642. The molecule has 6 nitrogen and oxygen atoms in total. The van der Waals surface area contributed by atoms with Gasteiger partial charge in [0.15, 0.2) is 5.76 Å². The number of nitrogens with zero attached hydrogens (tertiary/aromatic N) is 1. The smallest absolute Gasteiger partial charge is 0.301 e. The fourth-order valence-electron chi connectivity index (χ4n) is 2.21. The van der Waals surface area contributed by atoms with Crippen LogP contribution in [0.5, 0.6) is 0 Å². The lowest BCUT2D eigenvalue weighted by Gasteiger charge is -2.15. The average molecular weight is 251 g/mol. The van der Waals surface area contributed by atoms with E-state index in [0.29, 0.717) is 24.4 Å². The van der Waals surface area contributed by atoms with Crippen LogP contribution < -0.4 is 11.3 Å². The van der Waals surface area contributed by atoms with Gasteiger partial charge in [0.1, 0.15) is 0 Å². The van der Waals surface area contributed by atoms with Crippen LogP contribution in [0.25, 0.3) is 0 Å².